The molecule has 1 aromatic heterocycles. The van der Waals surface area contributed by atoms with Crippen molar-refractivity contribution in [3.8, 4) is 0 Å². The quantitative estimate of drug-likeness (QED) is 0.745. The van der Waals surface area contributed by atoms with Crippen LogP contribution in [0.3, 0.4) is 0 Å². The van der Waals surface area contributed by atoms with E-state index in [9.17, 15) is 0 Å². The molecule has 0 aromatic carbocycles. The van der Waals surface area contributed by atoms with Crippen molar-refractivity contribution in [1.82, 2.24) is 15.6 Å². The van der Waals surface area contributed by atoms with Crippen molar-refractivity contribution < 1.29 is 0 Å². The highest BCUT2D eigenvalue weighted by Gasteiger charge is 2.12. The summed E-state index contributed by atoms with van der Waals surface area (Å²) in [6, 6.07) is 0.745. The molecule has 0 aliphatic carbocycles. The smallest absolute Gasteiger partial charge is 0.107 e. The molecule has 3 nitrogen and oxygen atoms in total. The number of aryl methyl sites for hydroxylation is 1. The van der Waals surface area contributed by atoms with Gasteiger partial charge in [0, 0.05) is 23.7 Å². The molecule has 0 spiro atoms. The van der Waals surface area contributed by atoms with Gasteiger partial charge >= 0.3 is 0 Å². The lowest BCUT2D eigenvalue weighted by molar-refractivity contribution is 0.523. The van der Waals surface area contributed by atoms with Gasteiger partial charge in [-0.1, -0.05) is 6.92 Å². The maximum atomic E-state index is 4.40. The van der Waals surface area contributed by atoms with E-state index >= 15 is 0 Å². The second-order valence-electron chi connectivity index (χ2n) is 4.33. The lowest BCUT2D eigenvalue weighted by atomic mass is 10.1. The van der Waals surface area contributed by atoms with Crippen molar-refractivity contribution in [2.45, 2.75) is 45.2 Å². The minimum atomic E-state index is 0.745. The highest BCUT2D eigenvalue weighted by molar-refractivity contribution is 7.11. The molecule has 2 rings (SSSR count). The summed E-state index contributed by atoms with van der Waals surface area (Å²) in [6.45, 7) is 5.41. The third kappa shape index (κ3) is 3.54. The number of thiazole rings is 1. The summed E-state index contributed by atoms with van der Waals surface area (Å²) in [5, 5.41) is 8.21. The summed E-state index contributed by atoms with van der Waals surface area (Å²) in [5.74, 6) is 0. The number of nitrogens with one attached hydrogen (secondary N) is 2. The van der Waals surface area contributed by atoms with E-state index in [1.54, 1.807) is 0 Å². The molecule has 2 N–H and O–H groups in total. The van der Waals surface area contributed by atoms with E-state index < -0.39 is 0 Å². The van der Waals surface area contributed by atoms with Gasteiger partial charge in [-0.2, -0.15) is 0 Å². The first-order chi connectivity index (χ1) is 7.88. The van der Waals surface area contributed by atoms with Crippen LogP contribution in [0.2, 0.25) is 0 Å². The van der Waals surface area contributed by atoms with Crippen molar-refractivity contribution in [2.75, 3.05) is 13.1 Å². The van der Waals surface area contributed by atoms with E-state index in [-0.39, 0.29) is 0 Å². The summed E-state index contributed by atoms with van der Waals surface area (Å²) in [5.41, 5.74) is 0. The van der Waals surface area contributed by atoms with Crippen LogP contribution in [0, 0.1) is 0 Å². The Kier molecular flexibility index (Phi) is 4.75. The van der Waals surface area contributed by atoms with Gasteiger partial charge in [0.2, 0.25) is 0 Å². The maximum Gasteiger partial charge on any atom is 0.107 e. The third-order valence-electron chi connectivity index (χ3n) is 3.06. The van der Waals surface area contributed by atoms with Crippen molar-refractivity contribution >= 4 is 11.3 Å². The lowest BCUT2D eigenvalue weighted by Crippen LogP contribution is -2.26. The molecule has 1 fully saturated rings. The zero-order valence-electron chi connectivity index (χ0n) is 9.96. The zero-order chi connectivity index (χ0) is 11.2. The molecule has 0 saturated carbocycles. The monoisotopic (exact) mass is 239 g/mol. The Balaban J connectivity index is 1.60. The summed E-state index contributed by atoms with van der Waals surface area (Å²) in [6.07, 6.45) is 7.03. The van der Waals surface area contributed by atoms with Crippen LogP contribution >= 0.6 is 11.3 Å². The highest BCUT2D eigenvalue weighted by atomic mass is 32.1. The molecule has 1 aliphatic rings. The standard InChI is InChI=1S/C12H21N3S/c1-2-11-8-15-12(16-11)9-13-7-5-10-4-3-6-14-10/h8,10,13-14H,2-7,9H2,1H3. The Hall–Kier alpha value is -0.450. The van der Waals surface area contributed by atoms with Crippen LogP contribution in [0.25, 0.3) is 0 Å². The first-order valence-electron chi connectivity index (χ1n) is 6.26. The van der Waals surface area contributed by atoms with Crippen LogP contribution in [-0.4, -0.2) is 24.1 Å². The van der Waals surface area contributed by atoms with Gasteiger partial charge in [-0.3, -0.25) is 0 Å². The third-order valence-corrected chi connectivity index (χ3v) is 4.20. The molecule has 1 atom stereocenters. The first kappa shape index (κ1) is 12.0. The number of aromatic nitrogens is 1. The number of rotatable bonds is 6. The van der Waals surface area contributed by atoms with Gasteiger partial charge in [-0.25, -0.2) is 4.98 Å². The zero-order valence-corrected chi connectivity index (χ0v) is 10.8. The van der Waals surface area contributed by atoms with Crippen LogP contribution in [0.4, 0.5) is 0 Å². The van der Waals surface area contributed by atoms with Crippen LogP contribution in [-0.2, 0) is 13.0 Å². The molecule has 0 bridgehead atoms. The van der Waals surface area contributed by atoms with Crippen LogP contribution in [0.1, 0.15) is 36.1 Å². The Labute approximate surface area is 102 Å². The second kappa shape index (κ2) is 6.33. The molecule has 0 radical (unpaired) electrons. The topological polar surface area (TPSA) is 37.0 Å². The van der Waals surface area contributed by atoms with Crippen LogP contribution < -0.4 is 10.6 Å². The summed E-state index contributed by atoms with van der Waals surface area (Å²) < 4.78 is 0. The van der Waals surface area contributed by atoms with Gasteiger partial charge in [0.25, 0.3) is 0 Å². The van der Waals surface area contributed by atoms with Crippen molar-refractivity contribution in [2.24, 2.45) is 0 Å². The maximum absolute atomic E-state index is 4.40. The molecule has 4 heteroatoms. The minimum Gasteiger partial charge on any atom is -0.314 e. The lowest BCUT2D eigenvalue weighted by Gasteiger charge is -2.09. The average molecular weight is 239 g/mol. The Morgan fingerprint density at radius 3 is 3.25 bits per heavy atom. The highest BCUT2D eigenvalue weighted by Crippen LogP contribution is 2.13. The fraction of sp³-hybridized carbons (Fsp3) is 0.750. The molecular weight excluding hydrogens is 218 g/mol. The number of nitrogens with zero attached hydrogens (tertiary/aromatic N) is 1. The number of hydrogen-bond acceptors (Lipinski definition) is 4. The predicted octanol–water partition coefficient (Wildman–Crippen LogP) is 1.94. The van der Waals surface area contributed by atoms with Crippen LogP contribution in [0.5, 0.6) is 0 Å². The molecular formula is C12H21N3S. The second-order valence-corrected chi connectivity index (χ2v) is 5.53. The van der Waals surface area contributed by atoms with Gasteiger partial charge in [0.05, 0.1) is 0 Å². The Morgan fingerprint density at radius 1 is 1.62 bits per heavy atom. The fourth-order valence-electron chi connectivity index (χ4n) is 2.07. The SMILES string of the molecule is CCc1cnc(CNCCC2CCCN2)s1. The molecule has 1 unspecified atom stereocenters. The molecule has 90 valence electrons. The fourth-order valence-corrected chi connectivity index (χ4v) is 2.90. The van der Waals surface area contributed by atoms with E-state index in [1.807, 2.05) is 17.5 Å². The van der Waals surface area contributed by atoms with E-state index in [0.29, 0.717) is 0 Å². The molecule has 0 amide bonds. The molecule has 1 aromatic rings. The molecule has 2 heterocycles. The summed E-state index contributed by atoms with van der Waals surface area (Å²) in [4.78, 5) is 5.78. The molecule has 1 aliphatic heterocycles. The van der Waals surface area contributed by atoms with Crippen LogP contribution in [0.15, 0.2) is 6.20 Å². The van der Waals surface area contributed by atoms with E-state index in [1.165, 1.54) is 35.7 Å². The average Bonchev–Trinajstić information content (AvgIpc) is 2.95. The Morgan fingerprint density at radius 2 is 2.56 bits per heavy atom. The largest absolute Gasteiger partial charge is 0.314 e. The van der Waals surface area contributed by atoms with Gasteiger partial charge in [-0.15, -0.1) is 11.3 Å². The predicted molar refractivity (Wildman–Crippen MR) is 68.8 cm³/mol. The molecule has 16 heavy (non-hydrogen) atoms. The summed E-state index contributed by atoms with van der Waals surface area (Å²) >= 11 is 1.83. The van der Waals surface area contributed by atoms with Crippen molar-refractivity contribution in [3.63, 3.8) is 0 Å². The van der Waals surface area contributed by atoms with Gasteiger partial charge < -0.3 is 10.6 Å². The normalized spacial score (nSPS) is 20.4. The van der Waals surface area contributed by atoms with E-state index in [0.717, 1.165) is 25.6 Å². The van der Waals surface area contributed by atoms with Gasteiger partial charge in [-0.05, 0) is 38.8 Å². The van der Waals surface area contributed by atoms with Gasteiger partial charge in [0.15, 0.2) is 0 Å². The number of hydrogen-bond donors (Lipinski definition) is 2. The van der Waals surface area contributed by atoms with E-state index in [4.69, 9.17) is 0 Å². The van der Waals surface area contributed by atoms with E-state index in [2.05, 4.69) is 22.5 Å². The van der Waals surface area contributed by atoms with Crippen molar-refractivity contribution in [3.05, 3.63) is 16.1 Å². The first-order valence-corrected chi connectivity index (χ1v) is 7.08. The summed E-state index contributed by atoms with van der Waals surface area (Å²) in [7, 11) is 0. The van der Waals surface area contributed by atoms with Crippen molar-refractivity contribution in [1.29, 1.82) is 0 Å². The van der Waals surface area contributed by atoms with Gasteiger partial charge in [0.1, 0.15) is 5.01 Å². The molecule has 1 saturated heterocycles. The Bertz CT molecular complexity index is 305. The minimum absolute atomic E-state index is 0.745.